The summed E-state index contributed by atoms with van der Waals surface area (Å²) in [6.45, 7) is 0. The van der Waals surface area contributed by atoms with Crippen LogP contribution < -0.4 is 0 Å². The van der Waals surface area contributed by atoms with Crippen molar-refractivity contribution < 1.29 is 5.11 Å². The second-order valence-corrected chi connectivity index (χ2v) is 6.03. The van der Waals surface area contributed by atoms with E-state index in [1.165, 1.54) is 16.7 Å². The van der Waals surface area contributed by atoms with Gasteiger partial charge in [0.15, 0.2) is 0 Å². The Morgan fingerprint density at radius 2 is 1.85 bits per heavy atom. The highest BCUT2D eigenvalue weighted by atomic mass is 35.5. The number of phenolic OH excluding ortho intramolecular Hbond substituents is 1. The SMILES string of the molecule is CN(C)[C@@H]1Cc2cc(Cl)c(O)cc2[C@H]1c1ccccc1. The quantitative estimate of drug-likeness (QED) is 0.911. The summed E-state index contributed by atoms with van der Waals surface area (Å²) in [5.74, 6) is 0.454. The predicted molar refractivity (Wildman–Crippen MR) is 82.6 cm³/mol. The van der Waals surface area contributed by atoms with E-state index < -0.39 is 0 Å². The molecule has 3 heteroatoms. The van der Waals surface area contributed by atoms with E-state index in [1.54, 1.807) is 0 Å². The van der Waals surface area contributed by atoms with E-state index in [1.807, 2.05) is 18.2 Å². The molecule has 0 aliphatic heterocycles. The van der Waals surface area contributed by atoms with Gasteiger partial charge in [-0.05, 0) is 49.3 Å². The molecule has 2 nitrogen and oxygen atoms in total. The second-order valence-electron chi connectivity index (χ2n) is 5.63. The Balaban J connectivity index is 2.13. The molecule has 1 N–H and O–H groups in total. The Kier molecular flexibility index (Phi) is 3.45. The molecule has 1 aliphatic rings. The molecule has 104 valence electrons. The molecular formula is C17H18ClNO. The first-order chi connectivity index (χ1) is 9.58. The molecule has 0 heterocycles. The highest BCUT2D eigenvalue weighted by Gasteiger charge is 2.35. The summed E-state index contributed by atoms with van der Waals surface area (Å²) in [5, 5.41) is 10.4. The third-order valence-electron chi connectivity index (χ3n) is 4.18. The van der Waals surface area contributed by atoms with E-state index in [0.29, 0.717) is 11.1 Å². The summed E-state index contributed by atoms with van der Waals surface area (Å²) in [6.07, 6.45) is 0.960. The minimum atomic E-state index is 0.172. The van der Waals surface area contributed by atoms with Crippen LogP contribution in [0, 0.1) is 0 Å². The summed E-state index contributed by atoms with van der Waals surface area (Å²) in [5.41, 5.74) is 3.71. The molecule has 0 spiro atoms. The molecule has 0 fully saturated rings. The number of hydrogen-bond acceptors (Lipinski definition) is 2. The topological polar surface area (TPSA) is 23.5 Å². The second kappa shape index (κ2) is 5.12. The molecular weight excluding hydrogens is 270 g/mol. The minimum Gasteiger partial charge on any atom is -0.506 e. The maximum Gasteiger partial charge on any atom is 0.134 e. The summed E-state index contributed by atoms with van der Waals surface area (Å²) < 4.78 is 0. The van der Waals surface area contributed by atoms with Crippen molar-refractivity contribution >= 4 is 11.6 Å². The van der Waals surface area contributed by atoms with Crippen molar-refractivity contribution in [2.24, 2.45) is 0 Å². The van der Waals surface area contributed by atoms with Gasteiger partial charge < -0.3 is 10.0 Å². The molecule has 2 atom stereocenters. The zero-order chi connectivity index (χ0) is 14.3. The number of nitrogens with zero attached hydrogens (tertiary/aromatic N) is 1. The number of rotatable bonds is 2. The van der Waals surface area contributed by atoms with Gasteiger partial charge in [0.25, 0.3) is 0 Å². The van der Waals surface area contributed by atoms with Crippen LogP contribution in [0.5, 0.6) is 5.75 Å². The third kappa shape index (κ3) is 2.19. The highest BCUT2D eigenvalue weighted by molar-refractivity contribution is 6.32. The summed E-state index contributed by atoms with van der Waals surface area (Å²) in [7, 11) is 4.21. The van der Waals surface area contributed by atoms with Gasteiger partial charge >= 0.3 is 0 Å². The van der Waals surface area contributed by atoms with Crippen LogP contribution in [0.3, 0.4) is 0 Å². The Bertz CT molecular complexity index is 624. The van der Waals surface area contributed by atoms with E-state index in [-0.39, 0.29) is 11.7 Å². The zero-order valence-electron chi connectivity index (χ0n) is 11.7. The lowest BCUT2D eigenvalue weighted by Gasteiger charge is -2.27. The molecule has 0 radical (unpaired) electrons. The highest BCUT2D eigenvalue weighted by Crippen LogP contribution is 2.43. The number of hydrogen-bond donors (Lipinski definition) is 1. The molecule has 2 aromatic carbocycles. The molecule has 0 aromatic heterocycles. The van der Waals surface area contributed by atoms with Gasteiger partial charge in [-0.1, -0.05) is 41.9 Å². The van der Waals surface area contributed by atoms with Crippen LogP contribution in [-0.2, 0) is 6.42 Å². The fourth-order valence-electron chi connectivity index (χ4n) is 3.18. The van der Waals surface area contributed by atoms with Crippen LogP contribution in [0.4, 0.5) is 0 Å². The lowest BCUT2D eigenvalue weighted by Crippen LogP contribution is -2.32. The summed E-state index contributed by atoms with van der Waals surface area (Å²) in [4.78, 5) is 2.25. The van der Waals surface area contributed by atoms with Crippen molar-refractivity contribution in [2.75, 3.05) is 14.1 Å². The van der Waals surface area contributed by atoms with Crippen molar-refractivity contribution in [1.82, 2.24) is 4.90 Å². The van der Waals surface area contributed by atoms with E-state index in [9.17, 15) is 5.11 Å². The summed E-state index contributed by atoms with van der Waals surface area (Å²) in [6, 6.07) is 14.6. The van der Waals surface area contributed by atoms with Gasteiger partial charge in [-0.25, -0.2) is 0 Å². The minimum absolute atomic E-state index is 0.172. The van der Waals surface area contributed by atoms with E-state index in [0.717, 1.165) is 6.42 Å². The van der Waals surface area contributed by atoms with Gasteiger partial charge in [-0.15, -0.1) is 0 Å². The van der Waals surface area contributed by atoms with E-state index in [4.69, 9.17) is 11.6 Å². The number of fused-ring (bicyclic) bond motifs is 1. The number of phenols is 1. The molecule has 3 rings (SSSR count). The maximum atomic E-state index is 9.93. The van der Waals surface area contributed by atoms with Crippen molar-refractivity contribution in [3.05, 3.63) is 64.2 Å². The zero-order valence-corrected chi connectivity index (χ0v) is 12.4. The summed E-state index contributed by atoms with van der Waals surface area (Å²) >= 11 is 6.05. The first-order valence-electron chi connectivity index (χ1n) is 6.80. The largest absolute Gasteiger partial charge is 0.506 e. The fraction of sp³-hybridized carbons (Fsp3) is 0.294. The first kappa shape index (κ1) is 13.5. The van der Waals surface area contributed by atoms with E-state index >= 15 is 0 Å². The van der Waals surface area contributed by atoms with Crippen LogP contribution in [0.1, 0.15) is 22.6 Å². The maximum absolute atomic E-state index is 9.93. The van der Waals surface area contributed by atoms with Gasteiger partial charge in [0.05, 0.1) is 5.02 Å². The van der Waals surface area contributed by atoms with Gasteiger partial charge in [0.1, 0.15) is 5.75 Å². The smallest absolute Gasteiger partial charge is 0.134 e. The van der Waals surface area contributed by atoms with Crippen molar-refractivity contribution in [3.63, 3.8) is 0 Å². The number of benzene rings is 2. The van der Waals surface area contributed by atoms with Crippen LogP contribution in [0.2, 0.25) is 5.02 Å². The fourth-order valence-corrected chi connectivity index (χ4v) is 3.36. The Labute approximate surface area is 124 Å². The molecule has 0 saturated heterocycles. The molecule has 0 bridgehead atoms. The molecule has 0 amide bonds. The Hall–Kier alpha value is -1.51. The van der Waals surface area contributed by atoms with Crippen LogP contribution in [0.25, 0.3) is 0 Å². The molecule has 20 heavy (non-hydrogen) atoms. The average Bonchev–Trinajstić information content (AvgIpc) is 2.79. The van der Waals surface area contributed by atoms with Crippen LogP contribution in [-0.4, -0.2) is 30.1 Å². The van der Waals surface area contributed by atoms with Gasteiger partial charge in [0.2, 0.25) is 0 Å². The lowest BCUT2D eigenvalue weighted by atomic mass is 9.89. The monoisotopic (exact) mass is 287 g/mol. The molecule has 2 aromatic rings. The predicted octanol–water partition coefficient (Wildman–Crippen LogP) is 3.66. The van der Waals surface area contributed by atoms with E-state index in [2.05, 4.69) is 43.3 Å². The van der Waals surface area contributed by atoms with Gasteiger partial charge in [0, 0.05) is 12.0 Å². The number of likely N-dealkylation sites (N-methyl/N-ethyl adjacent to an activating group) is 1. The normalized spacial score (nSPS) is 21.2. The molecule has 0 unspecified atom stereocenters. The van der Waals surface area contributed by atoms with Crippen LogP contribution >= 0.6 is 11.6 Å². The van der Waals surface area contributed by atoms with Crippen molar-refractivity contribution in [3.8, 4) is 5.75 Å². The van der Waals surface area contributed by atoms with Crippen molar-refractivity contribution in [2.45, 2.75) is 18.4 Å². The van der Waals surface area contributed by atoms with Crippen molar-refractivity contribution in [1.29, 1.82) is 0 Å². The molecule has 0 saturated carbocycles. The standard InChI is InChI=1S/C17H18ClNO/c1-19(2)15-9-12-8-14(18)16(20)10-13(12)17(15)11-6-4-3-5-7-11/h3-8,10,15,17,20H,9H2,1-2H3/t15-,17-/m1/s1. The Morgan fingerprint density at radius 3 is 2.50 bits per heavy atom. The lowest BCUT2D eigenvalue weighted by molar-refractivity contribution is 0.283. The third-order valence-corrected chi connectivity index (χ3v) is 4.48. The number of aromatic hydroxyl groups is 1. The number of halogens is 1. The Morgan fingerprint density at radius 1 is 1.15 bits per heavy atom. The molecule has 1 aliphatic carbocycles. The average molecular weight is 288 g/mol. The van der Waals surface area contributed by atoms with Crippen LogP contribution in [0.15, 0.2) is 42.5 Å². The van der Waals surface area contributed by atoms with Gasteiger partial charge in [-0.3, -0.25) is 0 Å². The first-order valence-corrected chi connectivity index (χ1v) is 7.18. The van der Waals surface area contributed by atoms with Gasteiger partial charge in [-0.2, -0.15) is 0 Å².